The number of nitrogens with one attached hydrogen (secondary N) is 1. The van der Waals surface area contributed by atoms with Gasteiger partial charge in [0.2, 0.25) is 0 Å². The highest BCUT2D eigenvalue weighted by Gasteiger charge is 2.27. The van der Waals surface area contributed by atoms with E-state index in [0.29, 0.717) is 5.92 Å². The van der Waals surface area contributed by atoms with Crippen LogP contribution in [-0.2, 0) is 7.05 Å². The zero-order valence-corrected chi connectivity index (χ0v) is 10.0. The molecule has 88 valence electrons. The van der Waals surface area contributed by atoms with Crippen LogP contribution in [0.4, 0.5) is 5.82 Å². The molecule has 1 aliphatic carbocycles. The van der Waals surface area contributed by atoms with E-state index >= 15 is 0 Å². The lowest BCUT2D eigenvalue weighted by atomic mass is 10.2. The molecular weight excluding hydrogens is 214 g/mol. The molecule has 0 spiro atoms. The number of rotatable bonds is 3. The van der Waals surface area contributed by atoms with Crippen LogP contribution in [0.1, 0.15) is 24.6 Å². The monoisotopic (exact) mass is 229 g/mol. The predicted molar refractivity (Wildman–Crippen MR) is 65.8 cm³/mol. The Morgan fingerprint density at radius 1 is 1.35 bits per heavy atom. The van der Waals surface area contributed by atoms with Crippen molar-refractivity contribution in [2.75, 3.05) is 12.4 Å². The summed E-state index contributed by atoms with van der Waals surface area (Å²) >= 11 is 0. The quantitative estimate of drug-likeness (QED) is 0.872. The van der Waals surface area contributed by atoms with Crippen molar-refractivity contribution in [2.24, 2.45) is 7.05 Å². The summed E-state index contributed by atoms with van der Waals surface area (Å²) in [6.07, 6.45) is 4.20. The molecule has 2 aromatic rings. The van der Waals surface area contributed by atoms with Crippen molar-refractivity contribution in [3.8, 4) is 11.4 Å². The third-order valence-corrected chi connectivity index (χ3v) is 3.03. The summed E-state index contributed by atoms with van der Waals surface area (Å²) in [4.78, 5) is 9.14. The van der Waals surface area contributed by atoms with Crippen molar-refractivity contribution < 1.29 is 0 Å². The Kier molecular flexibility index (Phi) is 2.31. The molecule has 0 bridgehead atoms. The van der Waals surface area contributed by atoms with Gasteiger partial charge in [-0.1, -0.05) is 0 Å². The second kappa shape index (κ2) is 3.84. The first-order chi connectivity index (χ1) is 8.28. The molecule has 1 fully saturated rings. The maximum Gasteiger partial charge on any atom is 0.134 e. The van der Waals surface area contributed by atoms with Gasteiger partial charge in [0.15, 0.2) is 0 Å². The van der Waals surface area contributed by atoms with Crippen molar-refractivity contribution in [2.45, 2.75) is 18.8 Å². The number of hydrogen-bond acceptors (Lipinski definition) is 4. The highest BCUT2D eigenvalue weighted by atomic mass is 15.3. The van der Waals surface area contributed by atoms with Crippen molar-refractivity contribution in [3.63, 3.8) is 0 Å². The Morgan fingerprint density at radius 2 is 2.18 bits per heavy atom. The first kappa shape index (κ1) is 10.3. The van der Waals surface area contributed by atoms with E-state index in [0.717, 1.165) is 23.0 Å². The molecule has 1 saturated carbocycles. The first-order valence-corrected chi connectivity index (χ1v) is 5.83. The molecule has 0 aromatic carbocycles. The summed E-state index contributed by atoms with van der Waals surface area (Å²) < 4.78 is 1.83. The average Bonchev–Trinajstić information content (AvgIpc) is 3.11. The zero-order chi connectivity index (χ0) is 11.8. The number of aryl methyl sites for hydroxylation is 1. The fourth-order valence-electron chi connectivity index (χ4n) is 1.87. The fourth-order valence-corrected chi connectivity index (χ4v) is 1.87. The molecule has 0 amide bonds. The van der Waals surface area contributed by atoms with Crippen LogP contribution in [0.25, 0.3) is 11.4 Å². The molecule has 0 radical (unpaired) electrons. The number of anilines is 1. The third-order valence-electron chi connectivity index (χ3n) is 3.03. The van der Waals surface area contributed by atoms with E-state index in [1.54, 1.807) is 6.20 Å². The molecule has 0 aliphatic heterocycles. The molecule has 5 nitrogen and oxygen atoms in total. The van der Waals surface area contributed by atoms with Crippen LogP contribution >= 0.6 is 0 Å². The van der Waals surface area contributed by atoms with E-state index < -0.39 is 0 Å². The van der Waals surface area contributed by atoms with Gasteiger partial charge in [0.25, 0.3) is 0 Å². The smallest absolute Gasteiger partial charge is 0.134 e. The van der Waals surface area contributed by atoms with Gasteiger partial charge < -0.3 is 5.32 Å². The number of hydrogen-bond donors (Lipinski definition) is 1. The van der Waals surface area contributed by atoms with Crippen LogP contribution < -0.4 is 5.32 Å². The minimum absolute atomic E-state index is 0.551. The molecular formula is C12H15N5. The lowest BCUT2D eigenvalue weighted by Gasteiger charge is -2.07. The van der Waals surface area contributed by atoms with E-state index in [1.165, 1.54) is 12.8 Å². The van der Waals surface area contributed by atoms with Gasteiger partial charge in [-0.05, 0) is 18.9 Å². The Labute approximate surface area is 99.9 Å². The SMILES string of the molecule is CNc1cc(-c2ccnn2C)nc(C2CC2)n1. The second-order valence-electron chi connectivity index (χ2n) is 4.36. The maximum atomic E-state index is 4.63. The van der Waals surface area contributed by atoms with Gasteiger partial charge in [0.1, 0.15) is 11.6 Å². The van der Waals surface area contributed by atoms with Gasteiger partial charge in [0, 0.05) is 32.3 Å². The van der Waals surface area contributed by atoms with Crippen molar-refractivity contribution in [3.05, 3.63) is 24.2 Å². The predicted octanol–water partition coefficient (Wildman–Crippen LogP) is 1.80. The molecule has 2 heterocycles. The van der Waals surface area contributed by atoms with Crippen LogP contribution in [0, 0.1) is 0 Å². The molecule has 5 heteroatoms. The maximum absolute atomic E-state index is 4.63. The van der Waals surface area contributed by atoms with Gasteiger partial charge in [0.05, 0.1) is 11.4 Å². The summed E-state index contributed by atoms with van der Waals surface area (Å²) in [6, 6.07) is 3.93. The van der Waals surface area contributed by atoms with Crippen LogP contribution in [0.3, 0.4) is 0 Å². The highest BCUT2D eigenvalue weighted by molar-refractivity contribution is 5.58. The molecule has 0 unspecified atom stereocenters. The van der Waals surface area contributed by atoms with Gasteiger partial charge in [-0.3, -0.25) is 4.68 Å². The normalized spacial score (nSPS) is 14.9. The molecule has 3 rings (SSSR count). The summed E-state index contributed by atoms with van der Waals surface area (Å²) in [5.41, 5.74) is 1.96. The Morgan fingerprint density at radius 3 is 2.76 bits per heavy atom. The Balaban J connectivity index is 2.09. The topological polar surface area (TPSA) is 55.6 Å². The standard InChI is InChI=1S/C12H15N5/c1-13-11-7-9(10-5-6-14-17(10)2)15-12(16-11)8-3-4-8/h5-8H,3-4H2,1-2H3,(H,13,15,16). The lowest BCUT2D eigenvalue weighted by Crippen LogP contribution is -2.03. The van der Waals surface area contributed by atoms with E-state index in [2.05, 4.69) is 20.4 Å². The van der Waals surface area contributed by atoms with E-state index in [1.807, 2.05) is 30.9 Å². The highest BCUT2D eigenvalue weighted by Crippen LogP contribution is 2.39. The van der Waals surface area contributed by atoms with E-state index in [9.17, 15) is 0 Å². The van der Waals surface area contributed by atoms with Crippen molar-refractivity contribution in [1.29, 1.82) is 0 Å². The molecule has 0 atom stereocenters. The summed E-state index contributed by atoms with van der Waals surface area (Å²) in [5, 5.41) is 7.27. The van der Waals surface area contributed by atoms with Gasteiger partial charge >= 0.3 is 0 Å². The molecule has 1 aliphatic rings. The minimum atomic E-state index is 0.551. The van der Waals surface area contributed by atoms with Crippen LogP contribution in [0.5, 0.6) is 0 Å². The number of aromatic nitrogens is 4. The zero-order valence-electron chi connectivity index (χ0n) is 10.0. The van der Waals surface area contributed by atoms with Crippen LogP contribution in [0.2, 0.25) is 0 Å². The third kappa shape index (κ3) is 1.88. The summed E-state index contributed by atoms with van der Waals surface area (Å²) in [7, 11) is 3.80. The Hall–Kier alpha value is -1.91. The van der Waals surface area contributed by atoms with E-state index in [4.69, 9.17) is 0 Å². The lowest BCUT2D eigenvalue weighted by molar-refractivity contribution is 0.771. The molecule has 1 N–H and O–H groups in total. The first-order valence-electron chi connectivity index (χ1n) is 5.83. The molecule has 2 aromatic heterocycles. The van der Waals surface area contributed by atoms with Crippen LogP contribution in [-0.4, -0.2) is 26.8 Å². The Bertz CT molecular complexity index is 542. The number of nitrogens with zero attached hydrogens (tertiary/aromatic N) is 4. The van der Waals surface area contributed by atoms with E-state index in [-0.39, 0.29) is 0 Å². The molecule has 17 heavy (non-hydrogen) atoms. The van der Waals surface area contributed by atoms with Gasteiger partial charge in [-0.25, -0.2) is 9.97 Å². The van der Waals surface area contributed by atoms with Gasteiger partial charge in [-0.2, -0.15) is 5.10 Å². The fraction of sp³-hybridized carbons (Fsp3) is 0.417. The minimum Gasteiger partial charge on any atom is -0.373 e. The molecule has 0 saturated heterocycles. The van der Waals surface area contributed by atoms with Gasteiger partial charge in [-0.15, -0.1) is 0 Å². The summed E-state index contributed by atoms with van der Waals surface area (Å²) in [5.74, 6) is 2.38. The average molecular weight is 229 g/mol. The van der Waals surface area contributed by atoms with Crippen LogP contribution in [0.15, 0.2) is 18.3 Å². The van der Waals surface area contributed by atoms with Crippen molar-refractivity contribution >= 4 is 5.82 Å². The summed E-state index contributed by atoms with van der Waals surface area (Å²) in [6.45, 7) is 0. The van der Waals surface area contributed by atoms with Crippen molar-refractivity contribution in [1.82, 2.24) is 19.7 Å². The second-order valence-corrected chi connectivity index (χ2v) is 4.36. The largest absolute Gasteiger partial charge is 0.373 e.